The van der Waals surface area contributed by atoms with Gasteiger partial charge in [-0.2, -0.15) is 4.31 Å². The second kappa shape index (κ2) is 9.21. The number of rotatable bonds is 8. The zero-order valence-electron chi connectivity index (χ0n) is 15.5. The van der Waals surface area contributed by atoms with Crippen LogP contribution in [0.3, 0.4) is 0 Å². The van der Waals surface area contributed by atoms with Crippen LogP contribution in [0.1, 0.15) is 20.8 Å². The molecular formula is C19H23ClN2O4S. The number of benzene rings is 2. The molecular weight excluding hydrogens is 388 g/mol. The van der Waals surface area contributed by atoms with Crippen molar-refractivity contribution >= 4 is 33.2 Å². The van der Waals surface area contributed by atoms with Crippen LogP contribution in [-0.2, 0) is 14.8 Å². The topological polar surface area (TPSA) is 75.7 Å². The fourth-order valence-electron chi connectivity index (χ4n) is 2.44. The van der Waals surface area contributed by atoms with Gasteiger partial charge >= 0.3 is 0 Å². The number of nitrogens with zero attached hydrogens (tertiary/aromatic N) is 1. The summed E-state index contributed by atoms with van der Waals surface area (Å²) in [5.74, 6) is 0.187. The molecule has 8 heteroatoms. The van der Waals surface area contributed by atoms with Crippen LogP contribution in [0.4, 0.5) is 5.69 Å². The van der Waals surface area contributed by atoms with Crippen molar-refractivity contribution in [2.75, 3.05) is 18.4 Å². The Balaban J connectivity index is 2.03. The third-order valence-electron chi connectivity index (χ3n) is 3.96. The van der Waals surface area contributed by atoms with E-state index in [9.17, 15) is 13.2 Å². The lowest BCUT2D eigenvalue weighted by atomic mass is 10.3. The first-order valence-corrected chi connectivity index (χ1v) is 10.4. The number of ether oxygens (including phenoxy) is 1. The van der Waals surface area contributed by atoms with Crippen LogP contribution >= 0.6 is 11.6 Å². The smallest absolute Gasteiger partial charge is 0.265 e. The van der Waals surface area contributed by atoms with Crippen LogP contribution in [0.15, 0.2) is 53.4 Å². The number of amides is 1. The largest absolute Gasteiger partial charge is 0.481 e. The van der Waals surface area contributed by atoms with Gasteiger partial charge in [0.25, 0.3) is 5.91 Å². The molecule has 0 aliphatic rings. The Bertz CT molecular complexity index is 864. The van der Waals surface area contributed by atoms with E-state index in [1.807, 2.05) is 0 Å². The molecule has 2 aromatic rings. The minimum absolute atomic E-state index is 0.190. The summed E-state index contributed by atoms with van der Waals surface area (Å²) < 4.78 is 31.9. The Labute approximate surface area is 165 Å². The Hall–Kier alpha value is -2.09. The molecule has 1 amide bonds. The van der Waals surface area contributed by atoms with Gasteiger partial charge in [-0.05, 0) is 55.5 Å². The minimum atomic E-state index is -3.52. The van der Waals surface area contributed by atoms with E-state index in [4.69, 9.17) is 16.3 Å². The van der Waals surface area contributed by atoms with Gasteiger partial charge in [0.15, 0.2) is 6.10 Å². The molecule has 0 fully saturated rings. The fourth-order valence-corrected chi connectivity index (χ4v) is 4.02. The van der Waals surface area contributed by atoms with Gasteiger partial charge in [0, 0.05) is 23.8 Å². The lowest BCUT2D eigenvalue weighted by molar-refractivity contribution is -0.122. The Morgan fingerprint density at radius 2 is 1.63 bits per heavy atom. The Morgan fingerprint density at radius 3 is 2.15 bits per heavy atom. The predicted octanol–water partition coefficient (Wildman–Crippen LogP) is 3.78. The molecule has 0 unspecified atom stereocenters. The highest BCUT2D eigenvalue weighted by atomic mass is 35.5. The molecule has 146 valence electrons. The lowest BCUT2D eigenvalue weighted by Crippen LogP contribution is -2.31. The zero-order chi connectivity index (χ0) is 20.0. The maximum Gasteiger partial charge on any atom is 0.265 e. The number of sulfonamides is 1. The monoisotopic (exact) mass is 410 g/mol. The van der Waals surface area contributed by atoms with Gasteiger partial charge in [-0.25, -0.2) is 8.42 Å². The van der Waals surface area contributed by atoms with E-state index in [1.165, 1.54) is 16.4 Å². The summed E-state index contributed by atoms with van der Waals surface area (Å²) in [5, 5.41) is 3.29. The van der Waals surface area contributed by atoms with Gasteiger partial charge < -0.3 is 10.1 Å². The first kappa shape index (κ1) is 21.2. The summed E-state index contributed by atoms with van der Waals surface area (Å²) in [7, 11) is -3.52. The molecule has 1 N–H and O–H groups in total. The van der Waals surface area contributed by atoms with Crippen molar-refractivity contribution in [3.8, 4) is 5.75 Å². The maximum absolute atomic E-state index is 12.5. The molecule has 27 heavy (non-hydrogen) atoms. The van der Waals surface area contributed by atoms with Gasteiger partial charge in [-0.3, -0.25) is 4.79 Å². The van der Waals surface area contributed by atoms with E-state index < -0.39 is 16.1 Å². The number of halogens is 1. The third-order valence-corrected chi connectivity index (χ3v) is 6.28. The van der Waals surface area contributed by atoms with Crippen LogP contribution in [0, 0.1) is 0 Å². The van der Waals surface area contributed by atoms with Crippen LogP contribution < -0.4 is 10.1 Å². The van der Waals surface area contributed by atoms with Gasteiger partial charge in [0.1, 0.15) is 5.75 Å². The quantitative estimate of drug-likeness (QED) is 0.718. The van der Waals surface area contributed by atoms with Gasteiger partial charge in [-0.1, -0.05) is 25.4 Å². The van der Waals surface area contributed by atoms with E-state index in [1.54, 1.807) is 57.2 Å². The first-order valence-electron chi connectivity index (χ1n) is 8.61. The van der Waals surface area contributed by atoms with Crippen LogP contribution in [0.2, 0.25) is 5.02 Å². The summed E-state index contributed by atoms with van der Waals surface area (Å²) in [4.78, 5) is 12.5. The minimum Gasteiger partial charge on any atom is -0.481 e. The molecule has 1 atom stereocenters. The second-order valence-corrected chi connectivity index (χ2v) is 8.19. The average molecular weight is 411 g/mol. The number of hydrogen-bond acceptors (Lipinski definition) is 4. The predicted molar refractivity (Wildman–Crippen MR) is 107 cm³/mol. The van der Waals surface area contributed by atoms with Crippen LogP contribution in [0.5, 0.6) is 5.75 Å². The number of carbonyl (C=O) groups is 1. The lowest BCUT2D eigenvalue weighted by Gasteiger charge is -2.19. The molecule has 0 saturated heterocycles. The zero-order valence-corrected chi connectivity index (χ0v) is 17.0. The number of carbonyl (C=O) groups excluding carboxylic acids is 1. The molecule has 0 bridgehead atoms. The molecule has 6 nitrogen and oxygen atoms in total. The summed E-state index contributed by atoms with van der Waals surface area (Å²) in [6.45, 7) is 6.01. The molecule has 2 rings (SSSR count). The molecule has 0 aliphatic heterocycles. The molecule has 0 aliphatic carbocycles. The van der Waals surface area contributed by atoms with Crippen molar-refractivity contribution in [2.45, 2.75) is 31.8 Å². The van der Waals surface area contributed by atoms with Crippen molar-refractivity contribution < 1.29 is 17.9 Å². The number of anilines is 1. The highest BCUT2D eigenvalue weighted by molar-refractivity contribution is 7.89. The van der Waals surface area contributed by atoms with Gasteiger partial charge in [0.2, 0.25) is 10.0 Å². The summed E-state index contributed by atoms with van der Waals surface area (Å²) in [6, 6.07) is 12.8. The van der Waals surface area contributed by atoms with E-state index in [2.05, 4.69) is 5.32 Å². The molecule has 0 heterocycles. The van der Waals surface area contributed by atoms with Gasteiger partial charge in [0.05, 0.1) is 4.90 Å². The van der Waals surface area contributed by atoms with Crippen LogP contribution in [0.25, 0.3) is 0 Å². The molecule has 0 saturated carbocycles. The Kier molecular flexibility index (Phi) is 7.24. The molecule has 2 aromatic carbocycles. The highest BCUT2D eigenvalue weighted by Crippen LogP contribution is 2.20. The van der Waals surface area contributed by atoms with Crippen molar-refractivity contribution in [3.63, 3.8) is 0 Å². The first-order chi connectivity index (χ1) is 12.8. The second-order valence-electron chi connectivity index (χ2n) is 5.82. The van der Waals surface area contributed by atoms with Crippen molar-refractivity contribution in [1.82, 2.24) is 4.31 Å². The SMILES string of the molecule is CCN(CC)S(=O)(=O)c1ccc(NC(=O)[C@H](C)Oc2ccc(Cl)cc2)cc1. The average Bonchev–Trinajstić information content (AvgIpc) is 2.64. The Morgan fingerprint density at radius 1 is 1.07 bits per heavy atom. The van der Waals surface area contributed by atoms with Crippen LogP contribution in [-0.4, -0.2) is 37.8 Å². The highest BCUT2D eigenvalue weighted by Gasteiger charge is 2.21. The summed E-state index contributed by atoms with van der Waals surface area (Å²) in [5.41, 5.74) is 0.491. The van der Waals surface area contributed by atoms with Crippen molar-refractivity contribution in [2.24, 2.45) is 0 Å². The van der Waals surface area contributed by atoms with Gasteiger partial charge in [-0.15, -0.1) is 0 Å². The van der Waals surface area contributed by atoms with Crippen molar-refractivity contribution in [3.05, 3.63) is 53.6 Å². The van der Waals surface area contributed by atoms with Crippen molar-refractivity contribution in [1.29, 1.82) is 0 Å². The number of nitrogens with one attached hydrogen (secondary N) is 1. The summed E-state index contributed by atoms with van der Waals surface area (Å²) in [6.07, 6.45) is -0.731. The molecule has 0 spiro atoms. The van der Waals surface area contributed by atoms with E-state index in [0.29, 0.717) is 29.5 Å². The third kappa shape index (κ3) is 5.45. The van der Waals surface area contributed by atoms with E-state index in [0.717, 1.165) is 0 Å². The van der Waals surface area contributed by atoms with E-state index in [-0.39, 0.29) is 10.8 Å². The maximum atomic E-state index is 12.5. The number of hydrogen-bond donors (Lipinski definition) is 1. The molecule has 0 radical (unpaired) electrons. The standard InChI is InChI=1S/C19H23ClN2O4S/c1-4-22(5-2)27(24,25)18-12-8-16(9-13-18)21-19(23)14(3)26-17-10-6-15(20)7-11-17/h6-14H,4-5H2,1-3H3,(H,21,23)/t14-/m0/s1. The molecule has 0 aromatic heterocycles. The fraction of sp³-hybridized carbons (Fsp3) is 0.316. The summed E-state index contributed by atoms with van der Waals surface area (Å²) >= 11 is 5.82. The normalized spacial score (nSPS) is 12.6. The van der Waals surface area contributed by atoms with E-state index >= 15 is 0 Å².